The van der Waals surface area contributed by atoms with Crippen molar-refractivity contribution < 1.29 is 4.39 Å². The molecule has 21 heavy (non-hydrogen) atoms. The predicted molar refractivity (Wildman–Crippen MR) is 80.6 cm³/mol. The third-order valence-electron chi connectivity index (χ3n) is 3.58. The Kier molecular flexibility index (Phi) is 3.60. The molecule has 2 aromatic rings. The summed E-state index contributed by atoms with van der Waals surface area (Å²) in [5.41, 5.74) is 7.90. The summed E-state index contributed by atoms with van der Waals surface area (Å²) >= 11 is 0. The molecular formula is C15H18FN5. The second-order valence-corrected chi connectivity index (χ2v) is 5.10. The van der Waals surface area contributed by atoms with E-state index in [-0.39, 0.29) is 11.9 Å². The standard InChI is InChI=1S/C15H18FN5/c1-2-7-20-10-11(8-19-20)14-9-18-15(17)21(14)13-5-3-12(16)4-6-13/h3-6,8,10,14H,2,7,9H2,1H3,(H2,17,18). The average Bonchev–Trinajstić information content (AvgIpc) is 3.07. The number of nitrogens with zero attached hydrogens (tertiary/aromatic N) is 4. The molecular weight excluding hydrogens is 269 g/mol. The normalized spacial score (nSPS) is 18.1. The lowest BCUT2D eigenvalue weighted by Crippen LogP contribution is -2.36. The van der Waals surface area contributed by atoms with E-state index in [0.717, 1.165) is 24.2 Å². The molecule has 0 spiro atoms. The Balaban J connectivity index is 1.89. The molecule has 1 aliphatic heterocycles. The van der Waals surface area contributed by atoms with Crippen LogP contribution in [0.1, 0.15) is 24.9 Å². The Hall–Kier alpha value is -2.37. The van der Waals surface area contributed by atoms with E-state index in [9.17, 15) is 4.39 Å². The number of hydrogen-bond acceptors (Lipinski definition) is 4. The number of rotatable bonds is 4. The van der Waals surface area contributed by atoms with E-state index >= 15 is 0 Å². The van der Waals surface area contributed by atoms with Gasteiger partial charge in [0.1, 0.15) is 5.82 Å². The summed E-state index contributed by atoms with van der Waals surface area (Å²) in [6.45, 7) is 3.59. The number of nitrogens with two attached hydrogens (primary N) is 1. The van der Waals surface area contributed by atoms with E-state index in [4.69, 9.17) is 5.73 Å². The SMILES string of the molecule is CCCn1cc(C2CN=C(N)N2c2ccc(F)cc2)cn1. The Morgan fingerprint density at radius 1 is 1.33 bits per heavy atom. The largest absolute Gasteiger partial charge is 0.369 e. The van der Waals surface area contributed by atoms with Crippen molar-refractivity contribution in [2.75, 3.05) is 11.4 Å². The topological polar surface area (TPSA) is 59.4 Å². The van der Waals surface area contributed by atoms with Crippen LogP contribution >= 0.6 is 0 Å². The van der Waals surface area contributed by atoms with Gasteiger partial charge >= 0.3 is 0 Å². The molecule has 0 fully saturated rings. The summed E-state index contributed by atoms with van der Waals surface area (Å²) in [5.74, 6) is 0.190. The molecule has 0 saturated heterocycles. The molecule has 2 N–H and O–H groups in total. The Morgan fingerprint density at radius 3 is 2.81 bits per heavy atom. The van der Waals surface area contributed by atoms with Crippen LogP contribution in [0.5, 0.6) is 0 Å². The maximum absolute atomic E-state index is 13.1. The minimum absolute atomic E-state index is 0.0149. The fourth-order valence-electron chi connectivity index (χ4n) is 2.57. The van der Waals surface area contributed by atoms with Crippen LogP contribution in [0.25, 0.3) is 0 Å². The van der Waals surface area contributed by atoms with E-state index in [0.29, 0.717) is 12.5 Å². The van der Waals surface area contributed by atoms with E-state index in [1.807, 2.05) is 22.0 Å². The highest BCUT2D eigenvalue weighted by molar-refractivity contribution is 5.97. The summed E-state index contributed by atoms with van der Waals surface area (Å²) in [6.07, 6.45) is 4.91. The third kappa shape index (κ3) is 2.61. The van der Waals surface area contributed by atoms with E-state index in [1.54, 1.807) is 12.1 Å². The molecule has 1 unspecified atom stereocenters. The Bertz CT molecular complexity index is 646. The molecule has 110 valence electrons. The number of hydrogen-bond donors (Lipinski definition) is 1. The van der Waals surface area contributed by atoms with Gasteiger partial charge in [-0.1, -0.05) is 6.92 Å². The molecule has 0 amide bonds. The molecule has 1 aromatic heterocycles. The molecule has 1 atom stereocenters. The van der Waals surface area contributed by atoms with Gasteiger partial charge in [0.25, 0.3) is 0 Å². The first-order chi connectivity index (χ1) is 10.2. The Labute approximate surface area is 122 Å². The van der Waals surface area contributed by atoms with Gasteiger partial charge in [0.2, 0.25) is 0 Å². The number of anilines is 1. The van der Waals surface area contributed by atoms with Crippen LogP contribution in [0.2, 0.25) is 0 Å². The van der Waals surface area contributed by atoms with Gasteiger partial charge in [0, 0.05) is 24.0 Å². The molecule has 1 aromatic carbocycles. The number of guanidine groups is 1. The minimum Gasteiger partial charge on any atom is -0.369 e. The van der Waals surface area contributed by atoms with E-state index < -0.39 is 0 Å². The van der Waals surface area contributed by atoms with E-state index in [2.05, 4.69) is 17.0 Å². The fourth-order valence-corrected chi connectivity index (χ4v) is 2.57. The molecule has 5 nitrogen and oxygen atoms in total. The highest BCUT2D eigenvalue weighted by Crippen LogP contribution is 2.30. The molecule has 0 aliphatic carbocycles. The number of benzene rings is 1. The van der Waals surface area contributed by atoms with Crippen molar-refractivity contribution in [3.63, 3.8) is 0 Å². The maximum Gasteiger partial charge on any atom is 0.196 e. The summed E-state index contributed by atoms with van der Waals surface area (Å²) in [7, 11) is 0. The number of aromatic nitrogens is 2. The zero-order chi connectivity index (χ0) is 14.8. The van der Waals surface area contributed by atoms with Gasteiger partial charge in [-0.2, -0.15) is 5.10 Å². The van der Waals surface area contributed by atoms with Crippen molar-refractivity contribution in [1.29, 1.82) is 0 Å². The molecule has 0 radical (unpaired) electrons. The van der Waals surface area contributed by atoms with Crippen molar-refractivity contribution >= 4 is 11.6 Å². The third-order valence-corrected chi connectivity index (χ3v) is 3.58. The second kappa shape index (κ2) is 5.55. The van der Waals surface area contributed by atoms with Gasteiger partial charge in [-0.05, 0) is 30.7 Å². The van der Waals surface area contributed by atoms with Gasteiger partial charge in [-0.15, -0.1) is 0 Å². The zero-order valence-electron chi connectivity index (χ0n) is 11.9. The van der Waals surface area contributed by atoms with Crippen LogP contribution in [0.15, 0.2) is 41.7 Å². The molecule has 3 rings (SSSR count). The maximum atomic E-state index is 13.1. The summed E-state index contributed by atoms with van der Waals surface area (Å²) < 4.78 is 15.0. The first-order valence-electron chi connectivity index (χ1n) is 7.06. The van der Waals surface area contributed by atoms with Gasteiger partial charge in [-0.3, -0.25) is 9.67 Å². The molecule has 1 aliphatic rings. The fraction of sp³-hybridized carbons (Fsp3) is 0.333. The Morgan fingerprint density at radius 2 is 2.10 bits per heavy atom. The van der Waals surface area contributed by atoms with Crippen LogP contribution in [0.4, 0.5) is 10.1 Å². The highest BCUT2D eigenvalue weighted by Gasteiger charge is 2.29. The van der Waals surface area contributed by atoms with Gasteiger partial charge in [0.15, 0.2) is 5.96 Å². The number of aliphatic imine (C=N–C) groups is 1. The molecule has 2 heterocycles. The van der Waals surface area contributed by atoms with Crippen molar-refractivity contribution in [3.8, 4) is 0 Å². The smallest absolute Gasteiger partial charge is 0.196 e. The lowest BCUT2D eigenvalue weighted by atomic mass is 10.1. The van der Waals surface area contributed by atoms with Crippen LogP contribution in [-0.4, -0.2) is 22.3 Å². The lowest BCUT2D eigenvalue weighted by molar-refractivity contribution is 0.601. The molecule has 0 bridgehead atoms. The minimum atomic E-state index is -0.263. The van der Waals surface area contributed by atoms with Crippen molar-refractivity contribution in [1.82, 2.24) is 9.78 Å². The van der Waals surface area contributed by atoms with Gasteiger partial charge in [-0.25, -0.2) is 4.39 Å². The monoisotopic (exact) mass is 287 g/mol. The van der Waals surface area contributed by atoms with Crippen LogP contribution in [0.3, 0.4) is 0 Å². The van der Waals surface area contributed by atoms with E-state index in [1.165, 1.54) is 12.1 Å². The summed E-state index contributed by atoms with van der Waals surface area (Å²) in [5, 5.41) is 4.36. The number of halogens is 1. The summed E-state index contributed by atoms with van der Waals surface area (Å²) in [4.78, 5) is 6.24. The first kappa shape index (κ1) is 13.6. The molecule has 0 saturated carbocycles. The molecule has 6 heteroatoms. The average molecular weight is 287 g/mol. The van der Waals surface area contributed by atoms with Crippen molar-refractivity contribution in [3.05, 3.63) is 48.0 Å². The van der Waals surface area contributed by atoms with Gasteiger partial charge in [0.05, 0.1) is 18.8 Å². The zero-order valence-corrected chi connectivity index (χ0v) is 11.9. The quantitative estimate of drug-likeness (QED) is 0.938. The first-order valence-corrected chi connectivity index (χ1v) is 7.06. The highest BCUT2D eigenvalue weighted by atomic mass is 19.1. The van der Waals surface area contributed by atoms with Crippen molar-refractivity contribution in [2.24, 2.45) is 10.7 Å². The summed E-state index contributed by atoms with van der Waals surface area (Å²) in [6, 6.07) is 6.30. The van der Waals surface area contributed by atoms with Crippen molar-refractivity contribution in [2.45, 2.75) is 25.9 Å². The van der Waals surface area contributed by atoms with Crippen LogP contribution in [-0.2, 0) is 6.54 Å². The van der Waals surface area contributed by atoms with Crippen LogP contribution < -0.4 is 10.6 Å². The van der Waals surface area contributed by atoms with Gasteiger partial charge < -0.3 is 10.6 Å². The predicted octanol–water partition coefficient (Wildman–Crippen LogP) is 2.31. The number of aryl methyl sites for hydroxylation is 1. The second-order valence-electron chi connectivity index (χ2n) is 5.10. The van der Waals surface area contributed by atoms with Crippen LogP contribution in [0, 0.1) is 5.82 Å². The lowest BCUT2D eigenvalue weighted by Gasteiger charge is -2.25.